The van der Waals surface area contributed by atoms with Crippen molar-refractivity contribution in [2.75, 3.05) is 7.11 Å². The molecule has 0 aliphatic heterocycles. The number of hydrogen-bond donors (Lipinski definition) is 1. The Morgan fingerprint density at radius 1 is 1.29 bits per heavy atom. The molecule has 2 aromatic rings. The van der Waals surface area contributed by atoms with Gasteiger partial charge in [0, 0.05) is 5.56 Å². The smallest absolute Gasteiger partial charge is 0.210 e. The molecule has 86 valence electrons. The zero-order chi connectivity index (χ0) is 12.4. The average Bonchev–Trinajstić information content (AvgIpc) is 2.80. The van der Waals surface area contributed by atoms with Crippen LogP contribution >= 0.6 is 0 Å². The first-order valence-corrected chi connectivity index (χ1v) is 5.26. The van der Waals surface area contributed by atoms with Gasteiger partial charge in [-0.2, -0.15) is 5.26 Å². The van der Waals surface area contributed by atoms with Gasteiger partial charge in [-0.25, -0.2) is 4.98 Å². The van der Waals surface area contributed by atoms with Crippen LogP contribution in [0.2, 0.25) is 0 Å². The molecule has 4 heteroatoms. The molecule has 1 N–H and O–H groups in total. The van der Waals surface area contributed by atoms with Gasteiger partial charge in [0.2, 0.25) is 5.82 Å². The predicted molar refractivity (Wildman–Crippen MR) is 64.8 cm³/mol. The van der Waals surface area contributed by atoms with Crippen molar-refractivity contribution in [2.24, 2.45) is 0 Å². The number of nitriles is 1. The normalized spacial score (nSPS) is 10.0. The second kappa shape index (κ2) is 4.30. The fourth-order valence-corrected chi connectivity index (χ4v) is 1.81. The summed E-state index contributed by atoms with van der Waals surface area (Å²) in [4.78, 5) is 6.95. The van der Waals surface area contributed by atoms with Gasteiger partial charge in [0.15, 0.2) is 0 Å². The maximum atomic E-state index is 8.74. The Balaban J connectivity index is 2.53. The Morgan fingerprint density at radius 3 is 2.65 bits per heavy atom. The summed E-state index contributed by atoms with van der Waals surface area (Å²) in [5, 5.41) is 8.74. The summed E-state index contributed by atoms with van der Waals surface area (Å²) in [5.74, 6) is 1.19. The Morgan fingerprint density at radius 2 is 2.06 bits per heavy atom. The van der Waals surface area contributed by atoms with E-state index in [1.807, 2.05) is 32.0 Å². The number of nitrogens with one attached hydrogen (secondary N) is 1. The number of H-pyrrole nitrogens is 1. The van der Waals surface area contributed by atoms with Gasteiger partial charge in [-0.05, 0) is 37.1 Å². The van der Waals surface area contributed by atoms with E-state index in [2.05, 4.69) is 9.97 Å². The lowest BCUT2D eigenvalue weighted by atomic mass is 10.0. The van der Waals surface area contributed by atoms with E-state index in [0.29, 0.717) is 5.82 Å². The van der Waals surface area contributed by atoms with Crippen molar-refractivity contribution in [3.63, 3.8) is 0 Å². The van der Waals surface area contributed by atoms with Gasteiger partial charge < -0.3 is 9.72 Å². The summed E-state index contributed by atoms with van der Waals surface area (Å²) in [6, 6.07) is 6.00. The van der Waals surface area contributed by atoms with Crippen LogP contribution in [-0.4, -0.2) is 17.1 Å². The second-order valence-electron chi connectivity index (χ2n) is 3.89. The molecule has 0 saturated carbocycles. The minimum Gasteiger partial charge on any atom is -0.496 e. The molecular formula is C13H13N3O. The molecule has 0 spiro atoms. The molecule has 2 rings (SSSR count). The van der Waals surface area contributed by atoms with Crippen molar-refractivity contribution in [1.29, 1.82) is 5.26 Å². The molecule has 0 radical (unpaired) electrons. The SMILES string of the molecule is COc1cc(C)c(-c2cnc(C#N)[nH]2)cc1C. The van der Waals surface area contributed by atoms with Crippen LogP contribution < -0.4 is 4.74 Å². The van der Waals surface area contributed by atoms with Crippen LogP contribution in [0.5, 0.6) is 5.75 Å². The van der Waals surface area contributed by atoms with Gasteiger partial charge in [-0.1, -0.05) is 0 Å². The van der Waals surface area contributed by atoms with Crippen LogP contribution in [0.1, 0.15) is 17.0 Å². The molecule has 0 atom stereocenters. The maximum absolute atomic E-state index is 8.74. The lowest BCUT2D eigenvalue weighted by molar-refractivity contribution is 0.411. The van der Waals surface area contributed by atoms with E-state index in [1.54, 1.807) is 13.3 Å². The third kappa shape index (κ3) is 2.00. The first kappa shape index (κ1) is 11.2. The zero-order valence-corrected chi connectivity index (χ0v) is 10.0. The monoisotopic (exact) mass is 227 g/mol. The van der Waals surface area contributed by atoms with Crippen LogP contribution in [-0.2, 0) is 0 Å². The molecule has 4 nitrogen and oxygen atoms in total. The third-order valence-corrected chi connectivity index (χ3v) is 2.71. The molecule has 1 heterocycles. The first-order chi connectivity index (χ1) is 8.15. The molecular weight excluding hydrogens is 214 g/mol. The van der Waals surface area contributed by atoms with E-state index < -0.39 is 0 Å². The third-order valence-electron chi connectivity index (χ3n) is 2.71. The van der Waals surface area contributed by atoms with Gasteiger partial charge >= 0.3 is 0 Å². The highest BCUT2D eigenvalue weighted by Gasteiger charge is 2.09. The lowest BCUT2D eigenvalue weighted by Crippen LogP contribution is -1.91. The molecule has 0 amide bonds. The second-order valence-corrected chi connectivity index (χ2v) is 3.89. The summed E-state index contributed by atoms with van der Waals surface area (Å²) in [5.41, 5.74) is 4.03. The van der Waals surface area contributed by atoms with Crippen LogP contribution in [0.15, 0.2) is 18.3 Å². The number of aromatic nitrogens is 2. The van der Waals surface area contributed by atoms with E-state index >= 15 is 0 Å². The zero-order valence-electron chi connectivity index (χ0n) is 10.0. The van der Waals surface area contributed by atoms with Gasteiger partial charge in [0.05, 0.1) is 19.0 Å². The standard InChI is InChI=1S/C13H13N3O/c1-8-5-12(17-3)9(2)4-10(8)11-7-15-13(6-14)16-11/h4-5,7H,1-3H3,(H,15,16). The molecule has 1 aromatic carbocycles. The van der Waals surface area contributed by atoms with Crippen molar-refractivity contribution >= 4 is 0 Å². The number of ether oxygens (including phenoxy) is 1. The van der Waals surface area contributed by atoms with Crippen molar-refractivity contribution in [2.45, 2.75) is 13.8 Å². The van der Waals surface area contributed by atoms with Crippen molar-refractivity contribution < 1.29 is 4.74 Å². The number of imidazole rings is 1. The van der Waals surface area contributed by atoms with E-state index in [9.17, 15) is 0 Å². The largest absolute Gasteiger partial charge is 0.496 e. The lowest BCUT2D eigenvalue weighted by Gasteiger charge is -2.09. The summed E-state index contributed by atoms with van der Waals surface area (Å²) < 4.78 is 5.26. The number of hydrogen-bond acceptors (Lipinski definition) is 3. The quantitative estimate of drug-likeness (QED) is 0.857. The van der Waals surface area contributed by atoms with Crippen molar-refractivity contribution in [3.8, 4) is 23.1 Å². The first-order valence-electron chi connectivity index (χ1n) is 5.26. The summed E-state index contributed by atoms with van der Waals surface area (Å²) in [6.45, 7) is 3.99. The molecule has 0 aliphatic carbocycles. The summed E-state index contributed by atoms with van der Waals surface area (Å²) in [7, 11) is 1.66. The van der Waals surface area contributed by atoms with E-state index in [-0.39, 0.29) is 0 Å². The fourth-order valence-electron chi connectivity index (χ4n) is 1.81. The molecule has 1 aromatic heterocycles. The number of nitrogens with zero attached hydrogens (tertiary/aromatic N) is 2. The summed E-state index contributed by atoms with van der Waals surface area (Å²) in [6.07, 6.45) is 1.67. The number of aryl methyl sites for hydroxylation is 2. The molecule has 0 unspecified atom stereocenters. The van der Waals surface area contributed by atoms with Crippen LogP contribution in [0, 0.1) is 25.2 Å². The Labute approximate surface area is 99.9 Å². The number of methoxy groups -OCH3 is 1. The van der Waals surface area contributed by atoms with Gasteiger partial charge in [0.1, 0.15) is 11.8 Å². The van der Waals surface area contributed by atoms with E-state index in [0.717, 1.165) is 28.1 Å². The molecule has 0 saturated heterocycles. The molecule has 0 fully saturated rings. The minimum absolute atomic E-state index is 0.327. The molecule has 0 aliphatic rings. The molecule has 0 bridgehead atoms. The highest BCUT2D eigenvalue weighted by atomic mass is 16.5. The van der Waals surface area contributed by atoms with Crippen molar-refractivity contribution in [1.82, 2.24) is 9.97 Å². The highest BCUT2D eigenvalue weighted by Crippen LogP contribution is 2.28. The molecule has 17 heavy (non-hydrogen) atoms. The van der Waals surface area contributed by atoms with Crippen LogP contribution in [0.4, 0.5) is 0 Å². The van der Waals surface area contributed by atoms with Gasteiger partial charge in [-0.15, -0.1) is 0 Å². The van der Waals surface area contributed by atoms with Crippen LogP contribution in [0.3, 0.4) is 0 Å². The minimum atomic E-state index is 0.327. The Hall–Kier alpha value is -2.28. The van der Waals surface area contributed by atoms with E-state index in [1.165, 1.54) is 0 Å². The Kier molecular flexibility index (Phi) is 2.84. The number of aromatic amines is 1. The van der Waals surface area contributed by atoms with E-state index in [4.69, 9.17) is 10.00 Å². The van der Waals surface area contributed by atoms with Gasteiger partial charge in [-0.3, -0.25) is 0 Å². The fraction of sp³-hybridized carbons (Fsp3) is 0.231. The highest BCUT2D eigenvalue weighted by molar-refractivity contribution is 5.66. The topological polar surface area (TPSA) is 61.7 Å². The average molecular weight is 227 g/mol. The number of benzene rings is 1. The van der Waals surface area contributed by atoms with Crippen LogP contribution in [0.25, 0.3) is 11.3 Å². The maximum Gasteiger partial charge on any atom is 0.210 e. The summed E-state index contributed by atoms with van der Waals surface area (Å²) >= 11 is 0. The number of rotatable bonds is 2. The predicted octanol–water partition coefficient (Wildman–Crippen LogP) is 2.57. The van der Waals surface area contributed by atoms with Gasteiger partial charge in [0.25, 0.3) is 0 Å². The Bertz CT molecular complexity index is 593. The van der Waals surface area contributed by atoms with Crippen molar-refractivity contribution in [3.05, 3.63) is 35.3 Å².